The molecule has 1 amide bonds. The van der Waals surface area contributed by atoms with Gasteiger partial charge in [-0.1, -0.05) is 60.7 Å². The van der Waals surface area contributed by atoms with E-state index in [2.05, 4.69) is 5.32 Å². The lowest BCUT2D eigenvalue weighted by Crippen LogP contribution is -2.41. The minimum absolute atomic E-state index is 0.192. The topological polar surface area (TPSA) is 75.7 Å². The van der Waals surface area contributed by atoms with Gasteiger partial charge in [-0.2, -0.15) is 0 Å². The van der Waals surface area contributed by atoms with Crippen molar-refractivity contribution in [3.05, 3.63) is 100 Å². The fourth-order valence-corrected chi connectivity index (χ4v) is 5.63. The molecular weight excluding hydrogens is 424 g/mol. The maximum atomic E-state index is 13.6. The van der Waals surface area contributed by atoms with E-state index in [0.29, 0.717) is 28.1 Å². The fourth-order valence-electron chi connectivity index (χ4n) is 3.86. The largest absolute Gasteiger partial charge is 0.497 e. The first-order valence-electron chi connectivity index (χ1n) is 10.3. The summed E-state index contributed by atoms with van der Waals surface area (Å²) >= 11 is 0. The Kier molecular flexibility index (Phi) is 6.01. The van der Waals surface area contributed by atoms with Crippen molar-refractivity contribution in [2.45, 2.75) is 13.5 Å². The van der Waals surface area contributed by atoms with Crippen LogP contribution in [0.4, 0.5) is 5.69 Å². The Morgan fingerprint density at radius 2 is 1.59 bits per heavy atom. The first-order chi connectivity index (χ1) is 15.5. The Morgan fingerprint density at radius 3 is 2.25 bits per heavy atom. The molecule has 3 aromatic rings. The third-order valence-corrected chi connectivity index (χ3v) is 7.33. The minimum atomic E-state index is -4.06. The van der Waals surface area contributed by atoms with Gasteiger partial charge in [0.05, 0.1) is 12.8 Å². The summed E-state index contributed by atoms with van der Waals surface area (Å²) in [7, 11) is -2.48. The average molecular weight is 449 g/mol. The predicted molar refractivity (Wildman–Crippen MR) is 126 cm³/mol. The van der Waals surface area contributed by atoms with Gasteiger partial charge in [0.2, 0.25) is 0 Å². The molecule has 7 heteroatoms. The molecule has 0 saturated carbocycles. The third-order valence-electron chi connectivity index (χ3n) is 5.39. The number of carbonyl (C=O) groups excluding carboxylic acids is 1. The van der Waals surface area contributed by atoms with Crippen LogP contribution in [0, 0.1) is 0 Å². The van der Waals surface area contributed by atoms with Crippen LogP contribution in [0.2, 0.25) is 0 Å². The molecule has 0 unspecified atom stereocenters. The second-order valence-corrected chi connectivity index (χ2v) is 9.09. The number of methoxy groups -OCH3 is 1. The van der Waals surface area contributed by atoms with Crippen molar-refractivity contribution in [1.29, 1.82) is 0 Å². The molecule has 4 rings (SSSR count). The van der Waals surface area contributed by atoms with Crippen molar-refractivity contribution in [1.82, 2.24) is 5.32 Å². The van der Waals surface area contributed by atoms with Crippen LogP contribution >= 0.6 is 0 Å². The summed E-state index contributed by atoms with van der Waals surface area (Å²) in [6.45, 7) is 2.17. The number of para-hydroxylation sites is 1. The van der Waals surface area contributed by atoms with Crippen LogP contribution in [0.1, 0.15) is 23.6 Å². The number of amides is 1. The number of fused-ring (bicyclic) bond motifs is 1. The van der Waals surface area contributed by atoms with Crippen LogP contribution < -0.4 is 14.4 Å². The molecule has 1 aliphatic rings. The van der Waals surface area contributed by atoms with E-state index < -0.39 is 15.9 Å². The molecule has 0 aromatic heterocycles. The lowest BCUT2D eigenvalue weighted by molar-refractivity contribution is -0.116. The van der Waals surface area contributed by atoms with Crippen molar-refractivity contribution in [3.63, 3.8) is 0 Å². The summed E-state index contributed by atoms with van der Waals surface area (Å²) < 4.78 is 33.7. The fraction of sp³-hybridized carbons (Fsp3) is 0.160. The van der Waals surface area contributed by atoms with E-state index in [1.807, 2.05) is 54.6 Å². The van der Waals surface area contributed by atoms with Crippen LogP contribution in [-0.4, -0.2) is 28.0 Å². The molecule has 0 fully saturated rings. The molecular formula is C25H24N2O4S. The Bertz CT molecular complexity index is 1270. The Labute approximate surface area is 188 Å². The number of ether oxygens (including phenoxy) is 1. The normalized spacial score (nSPS) is 14.6. The number of rotatable bonds is 6. The Hall–Kier alpha value is -3.58. The number of hydrogen-bond acceptors (Lipinski definition) is 4. The number of hydrogen-bond donors (Lipinski definition) is 1. The lowest BCUT2D eigenvalue weighted by Gasteiger charge is -2.32. The first kappa shape index (κ1) is 21.6. The lowest BCUT2D eigenvalue weighted by atomic mass is 9.95. The van der Waals surface area contributed by atoms with E-state index >= 15 is 0 Å². The van der Waals surface area contributed by atoms with Crippen LogP contribution in [-0.2, 0) is 21.4 Å². The van der Waals surface area contributed by atoms with Gasteiger partial charge in [-0.3, -0.25) is 9.10 Å². The van der Waals surface area contributed by atoms with Crippen molar-refractivity contribution in [2.75, 3.05) is 18.0 Å². The summed E-state index contributed by atoms with van der Waals surface area (Å²) in [5.74, 6) is 0.0758. The van der Waals surface area contributed by atoms with Crippen molar-refractivity contribution < 1.29 is 17.9 Å². The smallest absolute Gasteiger partial charge is 0.270 e. The van der Waals surface area contributed by atoms with E-state index in [9.17, 15) is 13.2 Å². The molecule has 0 bridgehead atoms. The van der Waals surface area contributed by atoms with Gasteiger partial charge in [-0.15, -0.1) is 0 Å². The summed E-state index contributed by atoms with van der Waals surface area (Å²) in [4.78, 5) is 13.1. The van der Waals surface area contributed by atoms with Gasteiger partial charge >= 0.3 is 0 Å². The highest BCUT2D eigenvalue weighted by atomic mass is 32.2. The molecule has 6 nitrogen and oxygen atoms in total. The van der Waals surface area contributed by atoms with E-state index in [4.69, 9.17) is 4.74 Å². The monoisotopic (exact) mass is 448 g/mol. The summed E-state index contributed by atoms with van der Waals surface area (Å²) in [5, 5.41) is 2.79. The van der Waals surface area contributed by atoms with Gasteiger partial charge in [0, 0.05) is 24.2 Å². The van der Waals surface area contributed by atoms with Gasteiger partial charge in [-0.25, -0.2) is 8.42 Å². The van der Waals surface area contributed by atoms with Gasteiger partial charge < -0.3 is 10.1 Å². The third kappa shape index (κ3) is 3.87. The molecule has 0 atom stereocenters. The highest BCUT2D eigenvalue weighted by Gasteiger charge is 2.40. The first-order valence-corrected chi connectivity index (χ1v) is 11.7. The van der Waals surface area contributed by atoms with E-state index in [1.54, 1.807) is 38.3 Å². The van der Waals surface area contributed by atoms with Crippen molar-refractivity contribution in [3.8, 4) is 5.75 Å². The molecule has 0 radical (unpaired) electrons. The molecule has 3 aromatic carbocycles. The number of nitrogens with zero attached hydrogens (tertiary/aromatic N) is 1. The number of carbonyl (C=O) groups is 1. The van der Waals surface area contributed by atoms with Crippen LogP contribution in [0.5, 0.6) is 5.75 Å². The number of benzene rings is 3. The van der Waals surface area contributed by atoms with E-state index in [-0.39, 0.29) is 18.0 Å². The Balaban J connectivity index is 1.82. The highest BCUT2D eigenvalue weighted by molar-refractivity contribution is 7.97. The van der Waals surface area contributed by atoms with Gasteiger partial charge in [0.1, 0.15) is 5.75 Å². The highest BCUT2D eigenvalue weighted by Crippen LogP contribution is 2.42. The molecule has 164 valence electrons. The number of sulfonamides is 1. The van der Waals surface area contributed by atoms with Crippen molar-refractivity contribution >= 4 is 27.2 Å². The SMILES string of the molecule is CCN1c2ccccc2C(c2ccccc2)=C(C(=O)NCc2ccc(OC)cc2)S1(=O)=O. The molecule has 1 heterocycles. The molecule has 1 N–H and O–H groups in total. The zero-order chi connectivity index (χ0) is 22.7. The second kappa shape index (κ2) is 8.88. The maximum Gasteiger partial charge on any atom is 0.270 e. The van der Waals surface area contributed by atoms with Gasteiger partial charge in [0.25, 0.3) is 15.9 Å². The van der Waals surface area contributed by atoms with E-state index in [0.717, 1.165) is 5.56 Å². The van der Waals surface area contributed by atoms with Gasteiger partial charge in [-0.05, 0) is 36.2 Å². The zero-order valence-electron chi connectivity index (χ0n) is 17.9. The van der Waals surface area contributed by atoms with Crippen LogP contribution in [0.15, 0.2) is 83.8 Å². The quantitative estimate of drug-likeness (QED) is 0.620. The number of nitrogens with one attached hydrogen (secondary N) is 1. The summed E-state index contributed by atoms with van der Waals surface area (Å²) in [6.07, 6.45) is 0. The molecule has 32 heavy (non-hydrogen) atoms. The summed E-state index contributed by atoms with van der Waals surface area (Å²) in [6, 6.07) is 23.7. The second-order valence-electron chi connectivity index (χ2n) is 7.29. The van der Waals surface area contributed by atoms with Crippen molar-refractivity contribution in [2.24, 2.45) is 0 Å². The van der Waals surface area contributed by atoms with Crippen LogP contribution in [0.25, 0.3) is 5.57 Å². The number of anilines is 1. The standard InChI is InChI=1S/C25H24N2O4S/c1-3-27-22-12-8-7-11-21(22)23(19-9-5-4-6-10-19)24(32(27,29)30)25(28)26-17-18-13-15-20(31-2)16-14-18/h4-16H,3,17H2,1-2H3,(H,26,28). The molecule has 1 aliphatic heterocycles. The van der Waals surface area contributed by atoms with Gasteiger partial charge in [0.15, 0.2) is 4.91 Å². The average Bonchev–Trinajstić information content (AvgIpc) is 2.82. The molecule has 0 saturated heterocycles. The van der Waals surface area contributed by atoms with E-state index in [1.165, 1.54) is 4.31 Å². The predicted octanol–water partition coefficient (Wildman–Crippen LogP) is 3.94. The Morgan fingerprint density at radius 1 is 0.938 bits per heavy atom. The minimum Gasteiger partial charge on any atom is -0.497 e. The molecule has 0 aliphatic carbocycles. The maximum absolute atomic E-state index is 13.6. The zero-order valence-corrected chi connectivity index (χ0v) is 18.7. The molecule has 0 spiro atoms. The summed E-state index contributed by atoms with van der Waals surface area (Å²) in [5.41, 5.74) is 3.21. The van der Waals surface area contributed by atoms with Crippen LogP contribution in [0.3, 0.4) is 0 Å².